The minimum absolute atomic E-state index is 0.0754. The van der Waals surface area contributed by atoms with Gasteiger partial charge in [0, 0.05) is 5.02 Å². The van der Waals surface area contributed by atoms with Crippen LogP contribution in [0.4, 0.5) is 0 Å². The number of benzene rings is 1. The predicted octanol–water partition coefficient (Wildman–Crippen LogP) is 2.83. The van der Waals surface area contributed by atoms with Crippen LogP contribution in [0.5, 0.6) is 0 Å². The third-order valence-electron chi connectivity index (χ3n) is 2.44. The van der Waals surface area contributed by atoms with E-state index < -0.39 is 5.97 Å². The molecule has 0 saturated carbocycles. The van der Waals surface area contributed by atoms with Gasteiger partial charge in [-0.25, -0.2) is 9.48 Å². The Morgan fingerprint density at radius 2 is 2.17 bits per heavy atom. The van der Waals surface area contributed by atoms with Crippen molar-refractivity contribution in [3.05, 3.63) is 39.6 Å². The summed E-state index contributed by atoms with van der Waals surface area (Å²) in [6, 6.07) is 4.89. The first-order valence-electron chi connectivity index (χ1n) is 5.18. The largest absolute Gasteiger partial charge is 0.476 e. The minimum Gasteiger partial charge on any atom is -0.476 e. The highest BCUT2D eigenvalue weighted by Gasteiger charge is 2.19. The maximum atomic E-state index is 11.0. The molecule has 0 fully saturated rings. The van der Waals surface area contributed by atoms with E-state index in [2.05, 4.69) is 10.3 Å². The highest BCUT2D eigenvalue weighted by Crippen LogP contribution is 2.25. The number of hydrogen-bond acceptors (Lipinski definition) is 3. The van der Waals surface area contributed by atoms with E-state index in [1.54, 1.807) is 18.2 Å². The third kappa shape index (κ3) is 2.19. The van der Waals surface area contributed by atoms with E-state index in [-0.39, 0.29) is 5.69 Å². The second kappa shape index (κ2) is 4.96. The molecule has 0 aliphatic carbocycles. The Bertz CT molecular complexity index is 610. The molecule has 2 rings (SSSR count). The molecular formula is C11H9Cl2N3O2. The van der Waals surface area contributed by atoms with Crippen LogP contribution < -0.4 is 0 Å². The van der Waals surface area contributed by atoms with Crippen molar-refractivity contribution >= 4 is 29.2 Å². The third-order valence-corrected chi connectivity index (χ3v) is 2.99. The van der Waals surface area contributed by atoms with Crippen molar-refractivity contribution in [2.75, 3.05) is 0 Å². The zero-order valence-corrected chi connectivity index (χ0v) is 10.9. The molecule has 0 radical (unpaired) electrons. The van der Waals surface area contributed by atoms with Gasteiger partial charge < -0.3 is 5.11 Å². The summed E-state index contributed by atoms with van der Waals surface area (Å²) in [6.45, 7) is 1.82. The van der Waals surface area contributed by atoms with Gasteiger partial charge in [0.2, 0.25) is 0 Å². The smallest absolute Gasteiger partial charge is 0.358 e. The van der Waals surface area contributed by atoms with E-state index in [0.717, 1.165) is 0 Å². The molecule has 0 saturated heterocycles. The molecular weight excluding hydrogens is 277 g/mol. The lowest BCUT2D eigenvalue weighted by Crippen LogP contribution is -2.06. The summed E-state index contributed by atoms with van der Waals surface area (Å²) in [5.41, 5.74) is 0.918. The standard InChI is InChI=1S/C11H9Cl2N3O2/c1-2-8-10(11(17)18)14-15-16(8)9-5-6(12)3-4-7(9)13/h3-5H,2H2,1H3,(H,17,18). The Morgan fingerprint density at radius 3 is 2.78 bits per heavy atom. The van der Waals surface area contributed by atoms with Gasteiger partial charge in [-0.05, 0) is 24.6 Å². The number of carboxylic acid groups (broad SMARTS) is 1. The number of aromatic carboxylic acids is 1. The van der Waals surface area contributed by atoms with Crippen LogP contribution in [0.3, 0.4) is 0 Å². The second-order valence-corrected chi connectivity index (χ2v) is 4.39. The zero-order valence-electron chi connectivity index (χ0n) is 9.39. The summed E-state index contributed by atoms with van der Waals surface area (Å²) in [6.07, 6.45) is 0.470. The number of nitrogens with zero attached hydrogens (tertiary/aromatic N) is 3. The van der Waals surface area contributed by atoms with Gasteiger partial charge in [0.05, 0.1) is 16.4 Å². The number of halogens is 2. The summed E-state index contributed by atoms with van der Waals surface area (Å²) >= 11 is 11.9. The minimum atomic E-state index is -1.11. The van der Waals surface area contributed by atoms with Crippen LogP contribution >= 0.6 is 23.2 Å². The quantitative estimate of drug-likeness (QED) is 0.942. The highest BCUT2D eigenvalue weighted by molar-refractivity contribution is 6.34. The maximum Gasteiger partial charge on any atom is 0.358 e. The first-order valence-corrected chi connectivity index (χ1v) is 5.93. The molecule has 0 amide bonds. The van der Waals surface area contributed by atoms with E-state index in [1.165, 1.54) is 4.68 Å². The number of rotatable bonds is 3. The summed E-state index contributed by atoms with van der Waals surface area (Å²) in [5.74, 6) is -1.11. The van der Waals surface area contributed by atoms with Gasteiger partial charge in [0.25, 0.3) is 0 Å². The maximum absolute atomic E-state index is 11.0. The molecule has 1 aromatic carbocycles. The van der Waals surface area contributed by atoms with Crippen LogP contribution in [0.15, 0.2) is 18.2 Å². The topological polar surface area (TPSA) is 68.0 Å². The van der Waals surface area contributed by atoms with Crippen LogP contribution in [-0.4, -0.2) is 26.1 Å². The SMILES string of the molecule is CCc1c(C(=O)O)nnn1-c1cc(Cl)ccc1Cl. The average molecular weight is 286 g/mol. The van der Waals surface area contributed by atoms with Crippen molar-refractivity contribution in [3.63, 3.8) is 0 Å². The Hall–Kier alpha value is -1.59. The molecule has 2 aromatic rings. The summed E-state index contributed by atoms with van der Waals surface area (Å²) < 4.78 is 1.40. The van der Waals surface area contributed by atoms with Gasteiger partial charge in [-0.15, -0.1) is 5.10 Å². The van der Waals surface area contributed by atoms with Crippen molar-refractivity contribution in [2.24, 2.45) is 0 Å². The lowest BCUT2D eigenvalue weighted by Gasteiger charge is -2.07. The number of carbonyl (C=O) groups is 1. The molecule has 0 aliphatic rings. The molecule has 5 nitrogen and oxygen atoms in total. The predicted molar refractivity (Wildman–Crippen MR) is 67.7 cm³/mol. The summed E-state index contributed by atoms with van der Waals surface area (Å²) in [7, 11) is 0. The lowest BCUT2D eigenvalue weighted by atomic mass is 10.2. The molecule has 1 aromatic heterocycles. The molecule has 7 heteroatoms. The fourth-order valence-corrected chi connectivity index (χ4v) is 1.99. The summed E-state index contributed by atoms with van der Waals surface area (Å²) in [4.78, 5) is 11.0. The molecule has 0 aliphatic heterocycles. The first kappa shape index (κ1) is 12.9. The van der Waals surface area contributed by atoms with E-state index in [4.69, 9.17) is 28.3 Å². The van der Waals surface area contributed by atoms with Gasteiger partial charge >= 0.3 is 5.97 Å². The summed E-state index contributed by atoms with van der Waals surface area (Å²) in [5, 5.41) is 17.4. The normalized spacial score (nSPS) is 10.6. The van der Waals surface area contributed by atoms with Crippen LogP contribution in [0, 0.1) is 0 Å². The van der Waals surface area contributed by atoms with Gasteiger partial charge in [-0.1, -0.05) is 35.3 Å². The van der Waals surface area contributed by atoms with Gasteiger partial charge in [-0.2, -0.15) is 0 Å². The Kier molecular flexibility index (Phi) is 3.54. The molecule has 0 atom stereocenters. The fraction of sp³-hybridized carbons (Fsp3) is 0.182. The molecule has 0 unspecified atom stereocenters. The Labute approximate surface area is 113 Å². The Balaban J connectivity index is 2.64. The van der Waals surface area contributed by atoms with Crippen LogP contribution in [0.1, 0.15) is 23.1 Å². The van der Waals surface area contributed by atoms with Crippen LogP contribution in [0.2, 0.25) is 10.0 Å². The average Bonchev–Trinajstić information content (AvgIpc) is 2.75. The number of hydrogen-bond donors (Lipinski definition) is 1. The van der Waals surface area contributed by atoms with Crippen molar-refractivity contribution in [2.45, 2.75) is 13.3 Å². The van der Waals surface area contributed by atoms with E-state index in [0.29, 0.717) is 27.8 Å². The molecule has 0 bridgehead atoms. The van der Waals surface area contributed by atoms with E-state index in [9.17, 15) is 4.79 Å². The van der Waals surface area contributed by atoms with E-state index >= 15 is 0 Å². The lowest BCUT2D eigenvalue weighted by molar-refractivity contribution is 0.0689. The van der Waals surface area contributed by atoms with Crippen molar-refractivity contribution in [3.8, 4) is 5.69 Å². The van der Waals surface area contributed by atoms with Gasteiger partial charge in [-0.3, -0.25) is 0 Å². The highest BCUT2D eigenvalue weighted by atomic mass is 35.5. The van der Waals surface area contributed by atoms with Crippen molar-refractivity contribution in [1.82, 2.24) is 15.0 Å². The van der Waals surface area contributed by atoms with Crippen LogP contribution in [-0.2, 0) is 6.42 Å². The molecule has 1 heterocycles. The van der Waals surface area contributed by atoms with Crippen molar-refractivity contribution in [1.29, 1.82) is 0 Å². The second-order valence-electron chi connectivity index (χ2n) is 3.55. The number of carboxylic acids is 1. The molecule has 1 N–H and O–H groups in total. The van der Waals surface area contributed by atoms with Crippen molar-refractivity contribution < 1.29 is 9.90 Å². The Morgan fingerprint density at radius 1 is 1.44 bits per heavy atom. The first-order chi connectivity index (χ1) is 8.54. The molecule has 18 heavy (non-hydrogen) atoms. The van der Waals surface area contributed by atoms with Crippen LogP contribution in [0.25, 0.3) is 5.69 Å². The fourth-order valence-electron chi connectivity index (χ4n) is 1.63. The molecule has 0 spiro atoms. The number of aromatic nitrogens is 3. The monoisotopic (exact) mass is 285 g/mol. The van der Waals surface area contributed by atoms with Gasteiger partial charge in [0.1, 0.15) is 0 Å². The zero-order chi connectivity index (χ0) is 13.3. The molecule has 94 valence electrons. The van der Waals surface area contributed by atoms with Gasteiger partial charge in [0.15, 0.2) is 5.69 Å². The van der Waals surface area contributed by atoms with E-state index in [1.807, 2.05) is 6.92 Å².